The van der Waals surface area contributed by atoms with Crippen LogP contribution >= 0.6 is 0 Å². The van der Waals surface area contributed by atoms with E-state index in [4.69, 9.17) is 9.47 Å². The predicted molar refractivity (Wildman–Crippen MR) is 101 cm³/mol. The minimum atomic E-state index is -0.937. The minimum Gasteiger partial charge on any atom is -0.493 e. The molecule has 2 N–H and O–H groups in total. The number of non-ortho nitro benzene ring substituents is 1. The Morgan fingerprint density at radius 2 is 1.79 bits per heavy atom. The van der Waals surface area contributed by atoms with Crippen molar-refractivity contribution in [2.24, 2.45) is 0 Å². The van der Waals surface area contributed by atoms with E-state index < -0.39 is 22.8 Å². The van der Waals surface area contributed by atoms with Gasteiger partial charge >= 0.3 is 0 Å². The van der Waals surface area contributed by atoms with Gasteiger partial charge in [0.1, 0.15) is 11.5 Å². The maximum Gasteiger partial charge on any atom is 0.279 e. The fourth-order valence-corrected chi connectivity index (χ4v) is 2.18. The van der Waals surface area contributed by atoms with Crippen LogP contribution in [0.15, 0.2) is 48.5 Å². The summed E-state index contributed by atoms with van der Waals surface area (Å²) in [6.45, 7) is 3.91. The van der Waals surface area contributed by atoms with Crippen LogP contribution in [0.2, 0.25) is 0 Å². The molecule has 9 heteroatoms. The minimum absolute atomic E-state index is 0.0827. The number of hydrazine groups is 1. The van der Waals surface area contributed by atoms with Gasteiger partial charge in [0.15, 0.2) is 6.10 Å². The number of benzene rings is 2. The third-order valence-corrected chi connectivity index (χ3v) is 3.62. The molecule has 0 heterocycles. The monoisotopic (exact) mass is 387 g/mol. The zero-order chi connectivity index (χ0) is 20.5. The molecule has 1 unspecified atom stereocenters. The van der Waals surface area contributed by atoms with E-state index in [0.29, 0.717) is 17.9 Å². The van der Waals surface area contributed by atoms with Crippen molar-refractivity contribution in [2.75, 3.05) is 6.61 Å². The van der Waals surface area contributed by atoms with Crippen LogP contribution in [0.3, 0.4) is 0 Å². The van der Waals surface area contributed by atoms with Crippen molar-refractivity contribution in [3.8, 4) is 11.5 Å². The highest BCUT2D eigenvalue weighted by Gasteiger charge is 2.18. The van der Waals surface area contributed by atoms with Crippen molar-refractivity contribution in [1.29, 1.82) is 0 Å². The Hall–Kier alpha value is -3.62. The van der Waals surface area contributed by atoms with Gasteiger partial charge in [-0.2, -0.15) is 0 Å². The summed E-state index contributed by atoms with van der Waals surface area (Å²) in [6.07, 6.45) is -0.141. The van der Waals surface area contributed by atoms with Gasteiger partial charge in [-0.15, -0.1) is 0 Å². The molecule has 0 aliphatic carbocycles. The lowest BCUT2D eigenvalue weighted by molar-refractivity contribution is -0.384. The summed E-state index contributed by atoms with van der Waals surface area (Å²) in [4.78, 5) is 34.5. The first-order chi connectivity index (χ1) is 13.4. The number of nitrogens with zero attached hydrogens (tertiary/aromatic N) is 1. The van der Waals surface area contributed by atoms with Crippen molar-refractivity contribution in [2.45, 2.75) is 26.4 Å². The molecule has 0 aromatic heterocycles. The van der Waals surface area contributed by atoms with Crippen molar-refractivity contribution >= 4 is 17.5 Å². The van der Waals surface area contributed by atoms with E-state index in [9.17, 15) is 19.7 Å². The van der Waals surface area contributed by atoms with Gasteiger partial charge in [-0.05, 0) is 37.6 Å². The lowest BCUT2D eigenvalue weighted by Gasteiger charge is -2.16. The standard InChI is InChI=1S/C19H21N3O6/c1-3-12-27-17-7-5-4-6-16(17)19(24)21-20-18(23)13(2)28-15-10-8-14(9-11-15)22(25)26/h4-11,13H,3,12H2,1-2H3,(H,20,23)(H,21,24). The number of para-hydroxylation sites is 1. The Labute approximate surface area is 161 Å². The molecule has 28 heavy (non-hydrogen) atoms. The van der Waals surface area contributed by atoms with Gasteiger partial charge in [-0.1, -0.05) is 19.1 Å². The molecule has 2 aromatic carbocycles. The van der Waals surface area contributed by atoms with E-state index in [1.54, 1.807) is 24.3 Å². The SMILES string of the molecule is CCCOc1ccccc1C(=O)NNC(=O)C(C)Oc1ccc([N+](=O)[O-])cc1. The van der Waals surface area contributed by atoms with E-state index in [0.717, 1.165) is 6.42 Å². The molecule has 9 nitrogen and oxygen atoms in total. The van der Waals surface area contributed by atoms with Crippen LogP contribution in [0.1, 0.15) is 30.6 Å². The van der Waals surface area contributed by atoms with Crippen LogP contribution in [0.4, 0.5) is 5.69 Å². The smallest absolute Gasteiger partial charge is 0.279 e. The summed E-state index contributed by atoms with van der Waals surface area (Å²) in [7, 11) is 0. The van der Waals surface area contributed by atoms with Gasteiger partial charge in [0, 0.05) is 12.1 Å². The van der Waals surface area contributed by atoms with Gasteiger partial charge in [0.2, 0.25) is 0 Å². The second-order valence-electron chi connectivity index (χ2n) is 5.80. The molecule has 0 aliphatic heterocycles. The Bertz CT molecular complexity index is 838. The maximum atomic E-state index is 12.3. The van der Waals surface area contributed by atoms with Gasteiger partial charge in [-0.25, -0.2) is 0 Å². The van der Waals surface area contributed by atoms with E-state index >= 15 is 0 Å². The van der Waals surface area contributed by atoms with Crippen molar-refractivity contribution in [1.82, 2.24) is 10.9 Å². The van der Waals surface area contributed by atoms with Crippen LogP contribution in [-0.4, -0.2) is 29.4 Å². The first kappa shape index (κ1) is 20.7. The first-order valence-corrected chi connectivity index (χ1v) is 8.65. The summed E-state index contributed by atoms with van der Waals surface area (Å²) in [5, 5.41) is 10.6. The highest BCUT2D eigenvalue weighted by molar-refractivity contribution is 5.98. The predicted octanol–water partition coefficient (Wildman–Crippen LogP) is 2.61. The third kappa shape index (κ3) is 5.70. The number of hydrogen-bond acceptors (Lipinski definition) is 6. The summed E-state index contributed by atoms with van der Waals surface area (Å²) in [5.74, 6) is -0.398. The molecule has 0 fully saturated rings. The molecule has 0 spiro atoms. The highest BCUT2D eigenvalue weighted by atomic mass is 16.6. The van der Waals surface area contributed by atoms with Crippen molar-refractivity contribution < 1.29 is 24.0 Å². The number of carbonyl (C=O) groups is 2. The van der Waals surface area contributed by atoms with E-state index in [1.165, 1.54) is 31.2 Å². The molecule has 148 valence electrons. The summed E-state index contributed by atoms with van der Waals surface area (Å²) in [5.41, 5.74) is 4.81. The number of nitro benzene ring substituents is 1. The second-order valence-corrected chi connectivity index (χ2v) is 5.80. The molecule has 0 saturated heterocycles. The topological polar surface area (TPSA) is 120 Å². The quantitative estimate of drug-likeness (QED) is 0.531. The fourth-order valence-electron chi connectivity index (χ4n) is 2.18. The van der Waals surface area contributed by atoms with Gasteiger partial charge in [0.05, 0.1) is 17.1 Å². The van der Waals surface area contributed by atoms with Gasteiger partial charge < -0.3 is 9.47 Å². The fraction of sp³-hybridized carbons (Fsp3) is 0.263. The number of carbonyl (C=O) groups excluding carboxylic acids is 2. The zero-order valence-corrected chi connectivity index (χ0v) is 15.5. The molecule has 2 aromatic rings. The lowest BCUT2D eigenvalue weighted by Crippen LogP contribution is -2.47. The van der Waals surface area contributed by atoms with Crippen LogP contribution in [0, 0.1) is 10.1 Å². The number of amides is 2. The average molecular weight is 387 g/mol. The Balaban J connectivity index is 1.90. The number of nitrogens with one attached hydrogen (secondary N) is 2. The molecular formula is C19H21N3O6. The van der Waals surface area contributed by atoms with Crippen LogP contribution < -0.4 is 20.3 Å². The third-order valence-electron chi connectivity index (χ3n) is 3.62. The highest BCUT2D eigenvalue weighted by Crippen LogP contribution is 2.19. The Kier molecular flexibility index (Phi) is 7.32. The molecular weight excluding hydrogens is 366 g/mol. The molecule has 2 rings (SSSR count). The lowest BCUT2D eigenvalue weighted by atomic mass is 10.2. The molecule has 1 atom stereocenters. The molecule has 0 aliphatic rings. The maximum absolute atomic E-state index is 12.3. The first-order valence-electron chi connectivity index (χ1n) is 8.65. The Morgan fingerprint density at radius 3 is 2.43 bits per heavy atom. The average Bonchev–Trinajstić information content (AvgIpc) is 2.70. The normalized spacial score (nSPS) is 11.2. The largest absolute Gasteiger partial charge is 0.493 e. The zero-order valence-electron chi connectivity index (χ0n) is 15.5. The molecule has 0 radical (unpaired) electrons. The number of hydrogen-bond donors (Lipinski definition) is 2. The number of ether oxygens (including phenoxy) is 2. The number of nitro groups is 1. The molecule has 2 amide bonds. The van der Waals surface area contributed by atoms with Gasteiger partial charge in [0.25, 0.3) is 17.5 Å². The van der Waals surface area contributed by atoms with Gasteiger partial charge in [-0.3, -0.25) is 30.6 Å². The van der Waals surface area contributed by atoms with E-state index in [-0.39, 0.29) is 11.4 Å². The summed E-state index contributed by atoms with van der Waals surface area (Å²) in [6, 6.07) is 12.0. The van der Waals surface area contributed by atoms with Crippen LogP contribution in [0.25, 0.3) is 0 Å². The molecule has 0 saturated carbocycles. The summed E-state index contributed by atoms with van der Waals surface area (Å²) >= 11 is 0. The second kappa shape index (κ2) is 9.91. The van der Waals surface area contributed by atoms with Crippen molar-refractivity contribution in [3.05, 3.63) is 64.2 Å². The van der Waals surface area contributed by atoms with E-state index in [2.05, 4.69) is 10.9 Å². The summed E-state index contributed by atoms with van der Waals surface area (Å²) < 4.78 is 10.9. The number of rotatable bonds is 8. The molecule has 0 bridgehead atoms. The Morgan fingerprint density at radius 1 is 1.11 bits per heavy atom. The van der Waals surface area contributed by atoms with Crippen LogP contribution in [0.5, 0.6) is 11.5 Å². The van der Waals surface area contributed by atoms with Crippen LogP contribution in [-0.2, 0) is 4.79 Å². The van der Waals surface area contributed by atoms with Crippen molar-refractivity contribution in [3.63, 3.8) is 0 Å². The van der Waals surface area contributed by atoms with E-state index in [1.807, 2.05) is 6.92 Å².